The van der Waals surface area contributed by atoms with Gasteiger partial charge in [0, 0.05) is 0 Å². The molecule has 0 atom stereocenters. The quantitative estimate of drug-likeness (QED) is 0.848. The lowest BCUT2D eigenvalue weighted by molar-refractivity contribution is -0.106. The molecule has 0 spiro atoms. The summed E-state index contributed by atoms with van der Waals surface area (Å²) in [6.07, 6.45) is -3.87. The molecule has 0 N–H and O–H groups in total. The Hall–Kier alpha value is -1.04. The van der Waals surface area contributed by atoms with Crippen LogP contribution in [-0.2, 0) is 15.3 Å². The van der Waals surface area contributed by atoms with Gasteiger partial charge in [0.1, 0.15) is 0 Å². The third-order valence-corrected chi connectivity index (χ3v) is 4.93. The van der Waals surface area contributed by atoms with E-state index in [0.29, 0.717) is 0 Å². The minimum absolute atomic E-state index is 0.133. The van der Waals surface area contributed by atoms with Crippen LogP contribution in [0.1, 0.15) is 32.8 Å². The zero-order valence-electron chi connectivity index (χ0n) is 11.1. The monoisotopic (exact) mass is 294 g/mol. The molecule has 2 nitrogen and oxygen atoms in total. The van der Waals surface area contributed by atoms with Gasteiger partial charge < -0.3 is 0 Å². The molecule has 19 heavy (non-hydrogen) atoms. The van der Waals surface area contributed by atoms with Gasteiger partial charge in [-0.05, 0) is 29.5 Å². The molecule has 0 saturated heterocycles. The maximum atomic E-state index is 12.2. The van der Waals surface area contributed by atoms with Gasteiger partial charge in [-0.2, -0.15) is 13.2 Å². The summed E-state index contributed by atoms with van der Waals surface area (Å²) >= 11 is 0. The first-order chi connectivity index (χ1) is 8.48. The van der Waals surface area contributed by atoms with Crippen LogP contribution in [0.25, 0.3) is 0 Å². The molecule has 0 amide bonds. The van der Waals surface area contributed by atoms with Gasteiger partial charge in [-0.25, -0.2) is 8.42 Å². The number of sulfone groups is 1. The van der Waals surface area contributed by atoms with Crippen molar-refractivity contribution >= 4 is 9.84 Å². The minimum Gasteiger partial charge on any atom is -0.223 e. The highest BCUT2D eigenvalue weighted by molar-refractivity contribution is 7.91. The molecule has 1 rings (SSSR count). The van der Waals surface area contributed by atoms with E-state index >= 15 is 0 Å². The van der Waals surface area contributed by atoms with E-state index in [2.05, 4.69) is 0 Å². The fraction of sp³-hybridized carbons (Fsp3) is 0.538. The molecular weight excluding hydrogens is 277 g/mol. The molecule has 0 bridgehead atoms. The van der Waals surface area contributed by atoms with Crippen LogP contribution in [0.3, 0.4) is 0 Å². The Labute approximate surface area is 111 Å². The summed E-state index contributed by atoms with van der Waals surface area (Å²) in [7, 11) is -4.31. The van der Waals surface area contributed by atoms with Crippen LogP contribution in [0, 0.1) is 0 Å². The number of halogens is 3. The van der Waals surface area contributed by atoms with Crippen molar-refractivity contribution in [2.45, 2.75) is 43.7 Å². The SMILES string of the molecule is CCC(C)(C)c1ccc(S(=O)(=O)CC(F)(F)F)cc1. The number of rotatable bonds is 4. The minimum atomic E-state index is -4.72. The van der Waals surface area contributed by atoms with Crippen LogP contribution in [0.4, 0.5) is 13.2 Å². The summed E-state index contributed by atoms with van der Waals surface area (Å²) < 4.78 is 59.7. The molecule has 1 aromatic rings. The Morgan fingerprint density at radius 1 is 1.05 bits per heavy atom. The number of alkyl halides is 3. The van der Waals surface area contributed by atoms with E-state index in [9.17, 15) is 21.6 Å². The van der Waals surface area contributed by atoms with Gasteiger partial charge in [0.25, 0.3) is 0 Å². The molecule has 108 valence electrons. The second-order valence-corrected chi connectivity index (χ2v) is 7.13. The largest absolute Gasteiger partial charge is 0.403 e. The third-order valence-electron chi connectivity index (χ3n) is 3.23. The highest BCUT2D eigenvalue weighted by Crippen LogP contribution is 2.28. The predicted molar refractivity (Wildman–Crippen MR) is 67.9 cm³/mol. The van der Waals surface area contributed by atoms with Crippen molar-refractivity contribution in [3.05, 3.63) is 29.8 Å². The maximum Gasteiger partial charge on any atom is 0.403 e. The smallest absolute Gasteiger partial charge is 0.223 e. The summed E-state index contributed by atoms with van der Waals surface area (Å²) in [6.45, 7) is 5.98. The fourth-order valence-corrected chi connectivity index (χ4v) is 2.76. The first-order valence-electron chi connectivity index (χ1n) is 5.88. The lowest BCUT2D eigenvalue weighted by Gasteiger charge is -2.23. The second-order valence-electron chi connectivity index (χ2n) is 5.14. The topological polar surface area (TPSA) is 34.1 Å². The zero-order chi connectivity index (χ0) is 14.9. The number of hydrogen-bond acceptors (Lipinski definition) is 2. The molecule has 1 aromatic carbocycles. The molecule has 0 radical (unpaired) electrons. The molecule has 0 saturated carbocycles. The zero-order valence-corrected chi connectivity index (χ0v) is 11.9. The average Bonchev–Trinajstić information content (AvgIpc) is 2.26. The van der Waals surface area contributed by atoms with Crippen LogP contribution < -0.4 is 0 Å². The normalized spacial score (nSPS) is 13.6. The molecule has 0 aliphatic rings. The van der Waals surface area contributed by atoms with Crippen molar-refractivity contribution in [2.75, 3.05) is 5.75 Å². The summed E-state index contributed by atoms with van der Waals surface area (Å²) in [5, 5.41) is 0. The van der Waals surface area contributed by atoms with E-state index in [1.54, 1.807) is 12.1 Å². The van der Waals surface area contributed by atoms with Crippen molar-refractivity contribution in [3.8, 4) is 0 Å². The van der Waals surface area contributed by atoms with Gasteiger partial charge in [0.05, 0.1) is 4.90 Å². The van der Waals surface area contributed by atoms with Crippen molar-refractivity contribution in [1.82, 2.24) is 0 Å². The standard InChI is InChI=1S/C13H17F3O2S/c1-4-12(2,3)10-5-7-11(8-6-10)19(17,18)9-13(14,15)16/h5-8H,4,9H2,1-3H3. The van der Waals surface area contributed by atoms with E-state index in [0.717, 1.165) is 12.0 Å². The van der Waals surface area contributed by atoms with Gasteiger partial charge in [0.15, 0.2) is 15.6 Å². The molecule has 6 heteroatoms. The van der Waals surface area contributed by atoms with Crippen LogP contribution in [0.2, 0.25) is 0 Å². The Morgan fingerprint density at radius 3 is 1.89 bits per heavy atom. The van der Waals surface area contributed by atoms with Gasteiger partial charge in [0.2, 0.25) is 0 Å². The van der Waals surface area contributed by atoms with Crippen LogP contribution >= 0.6 is 0 Å². The molecular formula is C13H17F3O2S. The highest BCUT2D eigenvalue weighted by atomic mass is 32.2. The van der Waals surface area contributed by atoms with Gasteiger partial charge >= 0.3 is 6.18 Å². The Kier molecular flexibility index (Phi) is 4.34. The molecule has 0 aromatic heterocycles. The lowest BCUT2D eigenvalue weighted by Crippen LogP contribution is -2.23. The Morgan fingerprint density at radius 2 is 1.53 bits per heavy atom. The van der Waals surface area contributed by atoms with Gasteiger partial charge in [-0.15, -0.1) is 0 Å². The van der Waals surface area contributed by atoms with Crippen molar-refractivity contribution in [3.63, 3.8) is 0 Å². The predicted octanol–water partition coefficient (Wildman–Crippen LogP) is 3.71. The van der Waals surface area contributed by atoms with Crippen molar-refractivity contribution in [1.29, 1.82) is 0 Å². The molecule has 0 heterocycles. The van der Waals surface area contributed by atoms with Gasteiger partial charge in [-0.1, -0.05) is 32.9 Å². The van der Waals surface area contributed by atoms with E-state index in [-0.39, 0.29) is 10.3 Å². The van der Waals surface area contributed by atoms with E-state index in [1.165, 1.54) is 12.1 Å². The van der Waals surface area contributed by atoms with Crippen molar-refractivity contribution in [2.24, 2.45) is 0 Å². The average molecular weight is 294 g/mol. The summed E-state index contributed by atoms with van der Waals surface area (Å²) in [5.41, 5.74) is 0.771. The fourth-order valence-electron chi connectivity index (χ4n) is 1.62. The van der Waals surface area contributed by atoms with E-state index in [1.807, 2.05) is 20.8 Å². The molecule has 0 aliphatic heterocycles. The molecule has 0 aliphatic carbocycles. The maximum absolute atomic E-state index is 12.2. The lowest BCUT2D eigenvalue weighted by atomic mass is 9.82. The highest BCUT2D eigenvalue weighted by Gasteiger charge is 2.36. The number of hydrogen-bond donors (Lipinski definition) is 0. The Balaban J connectivity index is 3.06. The van der Waals surface area contributed by atoms with Gasteiger partial charge in [-0.3, -0.25) is 0 Å². The molecule has 0 fully saturated rings. The first-order valence-corrected chi connectivity index (χ1v) is 7.53. The first kappa shape index (κ1) is 16.0. The van der Waals surface area contributed by atoms with Crippen LogP contribution in [-0.4, -0.2) is 20.3 Å². The van der Waals surface area contributed by atoms with Crippen molar-refractivity contribution < 1.29 is 21.6 Å². The van der Waals surface area contributed by atoms with E-state index in [4.69, 9.17) is 0 Å². The summed E-state index contributed by atoms with van der Waals surface area (Å²) in [4.78, 5) is -0.291. The summed E-state index contributed by atoms with van der Waals surface area (Å²) in [6, 6.07) is 5.64. The summed E-state index contributed by atoms with van der Waals surface area (Å²) in [5.74, 6) is -1.82. The van der Waals surface area contributed by atoms with Crippen LogP contribution in [0.15, 0.2) is 29.2 Å². The number of benzene rings is 1. The Bertz CT molecular complexity index is 528. The molecule has 0 unspecified atom stereocenters. The second kappa shape index (κ2) is 5.15. The van der Waals surface area contributed by atoms with Crippen LogP contribution in [0.5, 0.6) is 0 Å². The third kappa shape index (κ3) is 4.23. The van der Waals surface area contributed by atoms with E-state index < -0.39 is 21.8 Å².